The average molecular weight is 262 g/mol. The molecule has 1 rings (SSSR count). The second kappa shape index (κ2) is 7.96. The van der Waals surface area contributed by atoms with Gasteiger partial charge < -0.3 is 0 Å². The van der Waals surface area contributed by atoms with Gasteiger partial charge in [0.15, 0.2) is 0 Å². The fraction of sp³-hybridized carbons (Fsp3) is 0.100. The van der Waals surface area contributed by atoms with E-state index in [-0.39, 0.29) is 0 Å². The van der Waals surface area contributed by atoms with Gasteiger partial charge in [-0.3, -0.25) is 0 Å². The Hall–Kier alpha value is -2.34. The van der Waals surface area contributed by atoms with Crippen molar-refractivity contribution in [3.05, 3.63) is 103 Å². The molecule has 0 nitrogen and oxygen atoms in total. The van der Waals surface area contributed by atoms with Crippen LogP contribution in [-0.2, 0) is 0 Å². The normalized spacial score (nSPS) is 13.0. The van der Waals surface area contributed by atoms with Crippen LogP contribution in [-0.4, -0.2) is 0 Å². The van der Waals surface area contributed by atoms with E-state index in [1.54, 1.807) is 6.08 Å². The first-order chi connectivity index (χ1) is 9.58. The van der Waals surface area contributed by atoms with Gasteiger partial charge in [-0.15, -0.1) is 0 Å². The smallest absolute Gasteiger partial charge is 0.0179 e. The fourth-order valence-electron chi connectivity index (χ4n) is 1.90. The Kier molecular flexibility index (Phi) is 6.25. The molecule has 20 heavy (non-hydrogen) atoms. The topological polar surface area (TPSA) is 0 Å². The second-order valence-corrected chi connectivity index (χ2v) is 4.70. The number of rotatable bonds is 6. The summed E-state index contributed by atoms with van der Waals surface area (Å²) in [6, 6.07) is 10.3. The third kappa shape index (κ3) is 4.74. The molecule has 0 atom stereocenters. The van der Waals surface area contributed by atoms with Crippen LogP contribution in [0.5, 0.6) is 0 Å². The molecule has 1 aromatic rings. The summed E-state index contributed by atoms with van der Waals surface area (Å²) in [6.07, 6.45) is 9.78. The average Bonchev–Trinajstić information content (AvgIpc) is 2.44. The molecule has 0 aliphatic rings. The zero-order valence-corrected chi connectivity index (χ0v) is 12.4. The lowest BCUT2D eigenvalue weighted by Gasteiger charge is -2.07. The molecule has 0 saturated heterocycles. The first kappa shape index (κ1) is 15.7. The van der Waals surface area contributed by atoms with Gasteiger partial charge in [-0.25, -0.2) is 0 Å². The van der Waals surface area contributed by atoms with Gasteiger partial charge in [0.25, 0.3) is 0 Å². The van der Waals surface area contributed by atoms with Gasteiger partial charge in [-0.05, 0) is 36.1 Å². The van der Waals surface area contributed by atoms with Crippen LogP contribution < -0.4 is 0 Å². The molecule has 1 aromatic carbocycles. The van der Waals surface area contributed by atoms with Crippen molar-refractivity contribution in [1.29, 1.82) is 0 Å². The van der Waals surface area contributed by atoms with E-state index in [0.717, 1.165) is 16.7 Å². The number of benzene rings is 1. The van der Waals surface area contributed by atoms with Crippen LogP contribution >= 0.6 is 0 Å². The highest BCUT2D eigenvalue weighted by atomic mass is 14.1. The Morgan fingerprint density at radius 3 is 2.10 bits per heavy atom. The van der Waals surface area contributed by atoms with E-state index in [4.69, 9.17) is 0 Å². The van der Waals surface area contributed by atoms with Gasteiger partial charge in [0.1, 0.15) is 0 Å². The van der Waals surface area contributed by atoms with Crippen molar-refractivity contribution < 1.29 is 0 Å². The zero-order valence-electron chi connectivity index (χ0n) is 12.4. The van der Waals surface area contributed by atoms with E-state index >= 15 is 0 Å². The summed E-state index contributed by atoms with van der Waals surface area (Å²) in [5.41, 5.74) is 5.55. The van der Waals surface area contributed by atoms with E-state index in [2.05, 4.69) is 50.9 Å². The van der Waals surface area contributed by atoms with Crippen LogP contribution in [0.3, 0.4) is 0 Å². The highest BCUT2D eigenvalue weighted by Crippen LogP contribution is 2.21. The summed E-state index contributed by atoms with van der Waals surface area (Å²) in [7, 11) is 0. The lowest BCUT2D eigenvalue weighted by molar-refractivity contribution is 1.46. The summed E-state index contributed by atoms with van der Waals surface area (Å²) in [4.78, 5) is 0. The lowest BCUT2D eigenvalue weighted by Crippen LogP contribution is -1.87. The molecule has 0 heteroatoms. The molecular formula is C20H22. The third-order valence-electron chi connectivity index (χ3n) is 2.85. The van der Waals surface area contributed by atoms with Crippen LogP contribution in [0.4, 0.5) is 0 Å². The van der Waals surface area contributed by atoms with Crippen molar-refractivity contribution in [2.45, 2.75) is 13.8 Å². The third-order valence-corrected chi connectivity index (χ3v) is 2.85. The predicted molar refractivity (Wildman–Crippen MR) is 91.5 cm³/mol. The molecule has 0 unspecified atom stereocenters. The van der Waals surface area contributed by atoms with Crippen molar-refractivity contribution in [3.8, 4) is 0 Å². The van der Waals surface area contributed by atoms with E-state index in [1.165, 1.54) is 11.1 Å². The van der Waals surface area contributed by atoms with Crippen molar-refractivity contribution >= 4 is 5.57 Å². The molecule has 0 aliphatic heterocycles. The number of hydrogen-bond donors (Lipinski definition) is 0. The first-order valence-electron chi connectivity index (χ1n) is 6.65. The molecule has 0 bridgehead atoms. The van der Waals surface area contributed by atoms with Crippen molar-refractivity contribution in [1.82, 2.24) is 0 Å². The Morgan fingerprint density at radius 1 is 0.950 bits per heavy atom. The molecule has 0 heterocycles. The van der Waals surface area contributed by atoms with Gasteiger partial charge in [-0.2, -0.15) is 0 Å². The Balaban J connectivity index is 3.27. The van der Waals surface area contributed by atoms with Crippen molar-refractivity contribution in [2.75, 3.05) is 0 Å². The summed E-state index contributed by atoms with van der Waals surface area (Å²) >= 11 is 0. The van der Waals surface area contributed by atoms with Crippen LogP contribution in [0.25, 0.3) is 5.57 Å². The number of hydrogen-bond acceptors (Lipinski definition) is 0. The second-order valence-electron chi connectivity index (χ2n) is 4.70. The molecule has 102 valence electrons. The summed E-state index contributed by atoms with van der Waals surface area (Å²) in [5.74, 6) is 0. The summed E-state index contributed by atoms with van der Waals surface area (Å²) in [5, 5.41) is 0. The number of allylic oxidation sites excluding steroid dienone is 9. The highest BCUT2D eigenvalue weighted by Gasteiger charge is 2.01. The maximum atomic E-state index is 3.96. The quantitative estimate of drug-likeness (QED) is 0.561. The minimum absolute atomic E-state index is 1.01. The van der Waals surface area contributed by atoms with Gasteiger partial charge >= 0.3 is 0 Å². The fourth-order valence-corrected chi connectivity index (χ4v) is 1.90. The molecule has 0 aliphatic carbocycles. The molecule has 0 spiro atoms. The highest BCUT2D eigenvalue weighted by molar-refractivity contribution is 5.69. The van der Waals surface area contributed by atoms with Crippen LogP contribution in [0.2, 0.25) is 0 Å². The van der Waals surface area contributed by atoms with E-state index in [0.29, 0.717) is 0 Å². The van der Waals surface area contributed by atoms with E-state index < -0.39 is 0 Å². The maximum Gasteiger partial charge on any atom is -0.0179 e. The SMILES string of the molecule is C=C/C=C(C=C)/C(=C/C(=C)C)/C=C(\C)c1ccccc1. The molecular weight excluding hydrogens is 240 g/mol. The van der Waals surface area contributed by atoms with Gasteiger partial charge in [-0.1, -0.05) is 86.0 Å². The van der Waals surface area contributed by atoms with Crippen molar-refractivity contribution in [3.63, 3.8) is 0 Å². The minimum Gasteiger partial charge on any atom is -0.0990 e. The van der Waals surface area contributed by atoms with Gasteiger partial charge in [0.2, 0.25) is 0 Å². The molecule has 0 N–H and O–H groups in total. The standard InChI is InChI=1S/C20H22/c1-6-11-18(7-2)20(14-16(3)4)15-17(5)19-12-9-8-10-13-19/h6-15H,1-3H2,4-5H3/b17-15+,18-11+,20-14+. The minimum atomic E-state index is 1.01. The van der Waals surface area contributed by atoms with Crippen LogP contribution in [0, 0.1) is 0 Å². The monoisotopic (exact) mass is 262 g/mol. The van der Waals surface area contributed by atoms with Crippen LogP contribution in [0.15, 0.2) is 97.2 Å². The summed E-state index contributed by atoms with van der Waals surface area (Å²) in [6.45, 7) is 15.7. The molecule has 0 saturated carbocycles. The van der Waals surface area contributed by atoms with E-state index in [1.807, 2.05) is 37.3 Å². The van der Waals surface area contributed by atoms with E-state index in [9.17, 15) is 0 Å². The molecule has 0 amide bonds. The van der Waals surface area contributed by atoms with Crippen molar-refractivity contribution in [2.24, 2.45) is 0 Å². The summed E-state index contributed by atoms with van der Waals surface area (Å²) < 4.78 is 0. The van der Waals surface area contributed by atoms with Gasteiger partial charge in [0, 0.05) is 0 Å². The maximum absolute atomic E-state index is 3.96. The Morgan fingerprint density at radius 2 is 1.60 bits per heavy atom. The predicted octanol–water partition coefficient (Wildman–Crippen LogP) is 5.89. The molecule has 0 radical (unpaired) electrons. The molecule has 0 fully saturated rings. The van der Waals surface area contributed by atoms with Gasteiger partial charge in [0.05, 0.1) is 0 Å². The lowest BCUT2D eigenvalue weighted by atomic mass is 9.98. The molecule has 0 aromatic heterocycles. The Bertz CT molecular complexity index is 578. The first-order valence-corrected chi connectivity index (χ1v) is 6.65. The largest absolute Gasteiger partial charge is 0.0990 e. The van der Waals surface area contributed by atoms with Crippen LogP contribution in [0.1, 0.15) is 19.4 Å². The zero-order chi connectivity index (χ0) is 15.0. The Labute approximate surface area is 122 Å².